The van der Waals surface area contributed by atoms with E-state index in [2.05, 4.69) is 0 Å². The largest absolute Gasteiger partial charge is 0.491 e. The van der Waals surface area contributed by atoms with E-state index in [1.807, 2.05) is 50.2 Å². The van der Waals surface area contributed by atoms with Gasteiger partial charge in [0.25, 0.3) is 20.2 Å². The summed E-state index contributed by atoms with van der Waals surface area (Å²) in [4.78, 5) is 0.227. The van der Waals surface area contributed by atoms with Crippen LogP contribution in [0.25, 0.3) is 10.8 Å². The Morgan fingerprint density at radius 3 is 1.08 bits per heavy atom. The van der Waals surface area contributed by atoms with E-state index in [0.717, 1.165) is 21.9 Å². The van der Waals surface area contributed by atoms with Crippen molar-refractivity contribution in [2.75, 3.05) is 79.3 Å². The Bertz CT molecular complexity index is 1680. The van der Waals surface area contributed by atoms with E-state index < -0.39 is 20.2 Å². The molecule has 0 fully saturated rings. The third-order valence-electron chi connectivity index (χ3n) is 7.11. The van der Waals surface area contributed by atoms with E-state index >= 15 is 0 Å². The Kier molecular flexibility index (Phi) is 15.9. The molecule has 0 atom stereocenters. The van der Waals surface area contributed by atoms with E-state index in [1.54, 1.807) is 24.3 Å². The lowest BCUT2D eigenvalue weighted by Gasteiger charge is -2.13. The molecule has 0 spiro atoms. The Morgan fingerprint density at radius 1 is 0.400 bits per heavy atom. The Hall–Kier alpha value is -3.60. The van der Waals surface area contributed by atoms with E-state index in [9.17, 15) is 16.8 Å². The van der Waals surface area contributed by atoms with Crippen LogP contribution < -0.4 is 9.47 Å². The minimum absolute atomic E-state index is 0.0857. The molecular formula is C36H44O12S2. The molecule has 0 aromatic heterocycles. The quantitative estimate of drug-likeness (QED) is 0.0700. The molecule has 0 saturated carbocycles. The summed E-state index contributed by atoms with van der Waals surface area (Å²) in [5.41, 5.74) is 1.93. The molecule has 12 nitrogen and oxygen atoms in total. The smallest absolute Gasteiger partial charge is 0.297 e. The number of benzene rings is 4. The van der Waals surface area contributed by atoms with Crippen LogP contribution in [0, 0.1) is 13.8 Å². The predicted molar refractivity (Wildman–Crippen MR) is 187 cm³/mol. The van der Waals surface area contributed by atoms with Crippen molar-refractivity contribution in [3.8, 4) is 11.5 Å². The fourth-order valence-electron chi connectivity index (χ4n) is 4.52. The summed E-state index contributed by atoms with van der Waals surface area (Å²) in [6, 6.07) is 24.4. The highest BCUT2D eigenvalue weighted by Gasteiger charge is 2.15. The Balaban J connectivity index is 1.04. The molecule has 4 aromatic rings. The average Bonchev–Trinajstić information content (AvgIpc) is 3.10. The highest BCUT2D eigenvalue weighted by molar-refractivity contribution is 7.87. The van der Waals surface area contributed by atoms with Crippen LogP contribution in [-0.2, 0) is 47.5 Å². The van der Waals surface area contributed by atoms with Crippen LogP contribution in [0.1, 0.15) is 11.1 Å². The molecule has 0 radical (unpaired) electrons. The summed E-state index contributed by atoms with van der Waals surface area (Å²) in [6.07, 6.45) is 0. The van der Waals surface area contributed by atoms with Crippen molar-refractivity contribution < 1.29 is 53.6 Å². The van der Waals surface area contributed by atoms with Crippen LogP contribution in [0.3, 0.4) is 0 Å². The number of ether oxygens (including phenoxy) is 6. The maximum absolute atomic E-state index is 12.2. The molecule has 0 saturated heterocycles. The molecule has 4 aromatic carbocycles. The van der Waals surface area contributed by atoms with Crippen molar-refractivity contribution in [2.24, 2.45) is 0 Å². The van der Waals surface area contributed by atoms with Crippen molar-refractivity contribution in [1.82, 2.24) is 0 Å². The van der Waals surface area contributed by atoms with Crippen molar-refractivity contribution in [2.45, 2.75) is 23.6 Å². The fourth-order valence-corrected chi connectivity index (χ4v) is 6.31. The van der Waals surface area contributed by atoms with Crippen molar-refractivity contribution in [1.29, 1.82) is 0 Å². The summed E-state index contributed by atoms with van der Waals surface area (Å²) >= 11 is 0. The first-order chi connectivity index (χ1) is 24.2. The average molecular weight is 733 g/mol. The van der Waals surface area contributed by atoms with Gasteiger partial charge in [-0.2, -0.15) is 16.8 Å². The maximum atomic E-state index is 12.2. The van der Waals surface area contributed by atoms with Crippen LogP contribution in [0.4, 0.5) is 0 Å². The summed E-state index contributed by atoms with van der Waals surface area (Å²) in [7, 11) is -7.62. The third kappa shape index (κ3) is 12.9. The molecule has 272 valence electrons. The number of hydrogen-bond acceptors (Lipinski definition) is 12. The van der Waals surface area contributed by atoms with Gasteiger partial charge in [-0.1, -0.05) is 59.7 Å². The first-order valence-corrected chi connectivity index (χ1v) is 19.0. The molecular weight excluding hydrogens is 689 g/mol. The van der Waals surface area contributed by atoms with Gasteiger partial charge in [0.1, 0.15) is 24.7 Å². The van der Waals surface area contributed by atoms with Gasteiger partial charge < -0.3 is 28.4 Å². The molecule has 0 unspecified atom stereocenters. The molecule has 0 heterocycles. The minimum atomic E-state index is -3.81. The van der Waals surface area contributed by atoms with Crippen LogP contribution in [0.15, 0.2) is 94.7 Å². The summed E-state index contributed by atoms with van der Waals surface area (Å²) in [6.45, 7) is 6.38. The molecule has 4 rings (SSSR count). The second-order valence-electron chi connectivity index (χ2n) is 10.9. The first kappa shape index (κ1) is 39.2. The lowest BCUT2D eigenvalue weighted by Crippen LogP contribution is -2.15. The van der Waals surface area contributed by atoms with Gasteiger partial charge in [0.15, 0.2) is 0 Å². The van der Waals surface area contributed by atoms with Crippen molar-refractivity contribution >= 4 is 31.0 Å². The van der Waals surface area contributed by atoms with Gasteiger partial charge in [-0.25, -0.2) is 0 Å². The maximum Gasteiger partial charge on any atom is 0.297 e. The minimum Gasteiger partial charge on any atom is -0.491 e. The molecule has 0 aliphatic heterocycles. The zero-order valence-electron chi connectivity index (χ0n) is 28.3. The van der Waals surface area contributed by atoms with E-state index in [-0.39, 0.29) is 49.4 Å². The lowest BCUT2D eigenvalue weighted by molar-refractivity contribution is 0.0280. The van der Waals surface area contributed by atoms with Gasteiger partial charge in [-0.05, 0) is 50.2 Å². The van der Waals surface area contributed by atoms with Gasteiger partial charge in [-0.3, -0.25) is 8.37 Å². The van der Waals surface area contributed by atoms with E-state index in [0.29, 0.717) is 51.1 Å². The summed E-state index contributed by atoms with van der Waals surface area (Å²) in [5.74, 6) is 1.40. The lowest BCUT2D eigenvalue weighted by atomic mass is 10.1. The Labute approximate surface area is 294 Å². The fraction of sp³-hybridized carbons (Fsp3) is 0.389. The van der Waals surface area contributed by atoms with Gasteiger partial charge in [0.05, 0.1) is 75.9 Å². The highest BCUT2D eigenvalue weighted by atomic mass is 32.2. The topological polar surface area (TPSA) is 142 Å². The monoisotopic (exact) mass is 732 g/mol. The molecule has 0 aliphatic carbocycles. The summed E-state index contributed by atoms with van der Waals surface area (Å²) < 4.78 is 92.7. The van der Waals surface area contributed by atoms with Gasteiger partial charge in [0, 0.05) is 10.8 Å². The molecule has 14 heteroatoms. The standard InChI is InChI=1S/C36H44O12S2/c1-29-9-13-31(14-10-29)49(37,38)47-27-23-43-19-17-41-21-25-45-35-7-3-6-34-33(35)5-4-8-36(34)46-26-22-42-18-20-44-24-28-48-50(39,40)32-15-11-30(2)12-16-32/h3-16H,17-28H2,1-2H3. The number of fused-ring (bicyclic) bond motifs is 1. The highest BCUT2D eigenvalue weighted by Crippen LogP contribution is 2.32. The second kappa shape index (κ2) is 20.3. The molecule has 0 aliphatic rings. The van der Waals surface area contributed by atoms with Crippen LogP contribution >= 0.6 is 0 Å². The van der Waals surface area contributed by atoms with Crippen molar-refractivity contribution in [3.63, 3.8) is 0 Å². The molecule has 0 bridgehead atoms. The Morgan fingerprint density at radius 2 is 0.720 bits per heavy atom. The molecule has 50 heavy (non-hydrogen) atoms. The van der Waals surface area contributed by atoms with Crippen molar-refractivity contribution in [3.05, 3.63) is 96.1 Å². The number of aryl methyl sites for hydroxylation is 2. The van der Waals surface area contributed by atoms with Crippen LogP contribution in [0.5, 0.6) is 11.5 Å². The van der Waals surface area contributed by atoms with E-state index in [1.165, 1.54) is 24.3 Å². The zero-order chi connectivity index (χ0) is 35.7. The number of rotatable bonds is 24. The second-order valence-corrected chi connectivity index (χ2v) is 14.2. The predicted octanol–water partition coefficient (Wildman–Crippen LogP) is 5.09. The molecule has 0 N–H and O–H groups in total. The summed E-state index contributed by atoms with van der Waals surface area (Å²) in [5, 5.41) is 1.80. The SMILES string of the molecule is Cc1ccc(S(=O)(=O)OCCOCCOCCOc2cccc3c(OCCOCCOCCOS(=O)(=O)c4ccc(C)cc4)cccc23)cc1. The van der Waals surface area contributed by atoms with E-state index in [4.69, 9.17) is 36.8 Å². The van der Waals surface area contributed by atoms with Gasteiger partial charge in [0.2, 0.25) is 0 Å². The number of hydrogen-bond donors (Lipinski definition) is 0. The van der Waals surface area contributed by atoms with Crippen LogP contribution in [0.2, 0.25) is 0 Å². The normalized spacial score (nSPS) is 12.0. The van der Waals surface area contributed by atoms with Gasteiger partial charge >= 0.3 is 0 Å². The third-order valence-corrected chi connectivity index (χ3v) is 9.76. The van der Waals surface area contributed by atoms with Crippen LogP contribution in [-0.4, -0.2) is 96.1 Å². The first-order valence-electron chi connectivity index (χ1n) is 16.2. The van der Waals surface area contributed by atoms with Gasteiger partial charge in [-0.15, -0.1) is 0 Å². The zero-order valence-corrected chi connectivity index (χ0v) is 29.9. The molecule has 0 amide bonds.